The van der Waals surface area contributed by atoms with Gasteiger partial charge in [-0.15, -0.1) is 0 Å². The number of aliphatic carboxylic acids is 1. The van der Waals surface area contributed by atoms with Gasteiger partial charge in [0.1, 0.15) is 67.1 Å². The molecule has 0 bridgehead atoms. The number of carboxylic acids is 1. The van der Waals surface area contributed by atoms with Gasteiger partial charge in [0, 0.05) is 19.8 Å². The molecule has 0 aromatic carbocycles. The lowest BCUT2D eigenvalue weighted by Gasteiger charge is -2.50. The third kappa shape index (κ3) is 38.2. The summed E-state index contributed by atoms with van der Waals surface area (Å²) in [5, 5.41) is 136. The van der Waals surface area contributed by atoms with Crippen molar-refractivity contribution in [1.82, 2.24) is 10.6 Å². The highest BCUT2D eigenvalue weighted by molar-refractivity contribution is 5.77. The molecule has 23 heteroatoms. The van der Waals surface area contributed by atoms with E-state index in [9.17, 15) is 75.7 Å². The number of amides is 2. The SMILES string of the molecule is CCCCCCCCCCCCC/C=C\C/C=C\CCCCCCCCCCCCCCCCCCCC(=O)NC(COC1OC(CO)C(OC2OC(CO)C(O)C(OC3(C(=O)O)CC(O)C(NC(C)=O)C(C(O)C(O)CO)O3)C2O)C(O)C1O)C(O)/C=C/CCCCCCCCCCCCC. The largest absolute Gasteiger partial charge is 0.477 e. The van der Waals surface area contributed by atoms with Gasteiger partial charge in [-0.1, -0.05) is 275 Å². The van der Waals surface area contributed by atoms with Gasteiger partial charge in [0.15, 0.2) is 12.6 Å². The highest BCUT2D eigenvalue weighted by Gasteiger charge is 2.60. The molecule has 23 nitrogen and oxygen atoms in total. The van der Waals surface area contributed by atoms with Crippen LogP contribution in [0, 0.1) is 0 Å². The number of hydrogen-bond donors (Lipinski definition) is 14. The molecular formula is C79H144N2O21. The number of carbonyl (C=O) groups is 3. The van der Waals surface area contributed by atoms with Crippen molar-refractivity contribution in [2.45, 2.75) is 420 Å². The first kappa shape index (κ1) is 93.2. The quantitative estimate of drug-likeness (QED) is 0.0199. The van der Waals surface area contributed by atoms with E-state index in [1.165, 1.54) is 212 Å². The lowest BCUT2D eigenvalue weighted by molar-refractivity contribution is -0.386. The molecule has 0 aromatic heterocycles. The van der Waals surface area contributed by atoms with Crippen LogP contribution in [0.1, 0.15) is 310 Å². The van der Waals surface area contributed by atoms with Crippen LogP contribution >= 0.6 is 0 Å². The van der Waals surface area contributed by atoms with Gasteiger partial charge in [-0.05, 0) is 51.4 Å². The number of hydrogen-bond acceptors (Lipinski definition) is 20. The Balaban J connectivity index is 1.43. The fraction of sp³-hybridized carbons (Fsp3) is 0.886. The van der Waals surface area contributed by atoms with E-state index in [1.807, 2.05) is 6.08 Å². The second kappa shape index (κ2) is 58.0. The van der Waals surface area contributed by atoms with E-state index in [0.29, 0.717) is 12.8 Å². The molecule has 0 saturated carbocycles. The molecule has 3 heterocycles. The van der Waals surface area contributed by atoms with Crippen molar-refractivity contribution in [3.05, 3.63) is 36.5 Å². The van der Waals surface area contributed by atoms with Crippen LogP contribution in [0.4, 0.5) is 0 Å². The van der Waals surface area contributed by atoms with Crippen molar-refractivity contribution < 1.29 is 104 Å². The molecular weight excluding hydrogens is 1310 g/mol. The van der Waals surface area contributed by atoms with Crippen LogP contribution in [-0.2, 0) is 42.8 Å². The average Bonchev–Trinajstić information content (AvgIpc) is 0.758. The number of carboxylic acid groups (broad SMARTS) is 1. The van der Waals surface area contributed by atoms with Gasteiger partial charge in [-0.3, -0.25) is 9.59 Å². The third-order valence-electron chi connectivity index (χ3n) is 20.3. The summed E-state index contributed by atoms with van der Waals surface area (Å²) in [5.74, 6) is -6.14. The smallest absolute Gasteiger partial charge is 0.364 e. The zero-order valence-corrected chi connectivity index (χ0v) is 63.0. The number of rotatable bonds is 63. The van der Waals surface area contributed by atoms with Crippen LogP contribution in [-0.4, -0.2) is 215 Å². The maximum absolute atomic E-state index is 13.5. The number of ether oxygens (including phenoxy) is 6. The molecule has 0 spiro atoms. The van der Waals surface area contributed by atoms with E-state index >= 15 is 0 Å². The van der Waals surface area contributed by atoms with Crippen molar-refractivity contribution in [3.8, 4) is 0 Å². The molecule has 3 rings (SSSR count). The Hall–Kier alpha value is -3.05. The van der Waals surface area contributed by atoms with Crippen LogP contribution in [0.2, 0.25) is 0 Å². The van der Waals surface area contributed by atoms with Crippen molar-refractivity contribution in [2.24, 2.45) is 0 Å². The van der Waals surface area contributed by atoms with Crippen molar-refractivity contribution in [3.63, 3.8) is 0 Å². The molecule has 2 amide bonds. The van der Waals surface area contributed by atoms with E-state index in [0.717, 1.165) is 58.3 Å². The summed E-state index contributed by atoms with van der Waals surface area (Å²) < 4.78 is 34.8. The number of unbranched alkanes of at least 4 members (excludes halogenated alkanes) is 39. The minimum atomic E-state index is -3.08. The number of aliphatic hydroxyl groups is 11. The van der Waals surface area contributed by atoms with Crippen LogP contribution in [0.25, 0.3) is 0 Å². The van der Waals surface area contributed by atoms with E-state index < -0.39 is 155 Å². The van der Waals surface area contributed by atoms with Gasteiger partial charge < -0.3 is 100 Å². The van der Waals surface area contributed by atoms with Gasteiger partial charge in [0.05, 0.1) is 50.7 Å². The Kier molecular flexibility index (Phi) is 53.0. The van der Waals surface area contributed by atoms with Crippen molar-refractivity contribution >= 4 is 17.8 Å². The molecule has 18 unspecified atom stereocenters. The summed E-state index contributed by atoms with van der Waals surface area (Å²) in [4.78, 5) is 38.6. The van der Waals surface area contributed by atoms with Crippen LogP contribution in [0.15, 0.2) is 36.5 Å². The second-order valence-corrected chi connectivity index (χ2v) is 29.3. The average molecular weight is 1460 g/mol. The first-order valence-electron chi connectivity index (χ1n) is 40.4. The monoisotopic (exact) mass is 1460 g/mol. The lowest BCUT2D eigenvalue weighted by atomic mass is 9.88. The Bertz CT molecular complexity index is 2180. The van der Waals surface area contributed by atoms with Crippen LogP contribution in [0.5, 0.6) is 0 Å². The normalized spacial score (nSPS) is 26.8. The number of carbonyl (C=O) groups excluding carboxylic acids is 2. The molecule has 102 heavy (non-hydrogen) atoms. The lowest BCUT2D eigenvalue weighted by Crippen LogP contribution is -2.70. The number of aliphatic hydroxyl groups excluding tert-OH is 11. The topological polar surface area (TPSA) is 373 Å². The number of nitrogens with one attached hydrogen (secondary N) is 2. The Morgan fingerprint density at radius 1 is 0.520 bits per heavy atom. The van der Waals surface area contributed by atoms with Gasteiger partial charge in [0.25, 0.3) is 5.79 Å². The van der Waals surface area contributed by atoms with E-state index in [2.05, 4.69) is 48.8 Å². The number of allylic oxidation sites excluding steroid dienone is 5. The fourth-order valence-corrected chi connectivity index (χ4v) is 13.9. The summed E-state index contributed by atoms with van der Waals surface area (Å²) in [7, 11) is 0. The predicted molar refractivity (Wildman–Crippen MR) is 394 cm³/mol. The molecule has 0 radical (unpaired) electrons. The standard InChI is InChI=1S/C79H144N2O21/c1-4-6-8-10-12-14-16-18-19-20-21-22-23-24-25-26-27-28-29-30-31-32-33-34-35-36-37-38-39-41-43-45-47-49-51-53-66(89)81-60(61(86)52-50-48-46-44-42-40-17-15-13-11-9-7-5-2)58-97-76-71(93)70(92)73(65(57-84)99-76)100-77-72(94)75(69(91)64(56-83)98-77)102-79(78(95)96)54-62(87)67(80-59(3)85)74(101-79)68(90)63(88)55-82/h23-24,26-27,50,52,60-65,67-77,82-84,86-88,90-94H,4-22,25,28-49,51,53-58H2,1-3H3,(H,80,85)(H,81,89)(H,95,96)/b24-23-,27-26-,52-50+. The first-order chi connectivity index (χ1) is 49.4. The van der Waals surface area contributed by atoms with Crippen LogP contribution < -0.4 is 10.6 Å². The molecule has 0 aliphatic carbocycles. The predicted octanol–water partition coefficient (Wildman–Crippen LogP) is 10.5. The molecule has 14 N–H and O–H groups in total. The Labute approximate surface area is 612 Å². The van der Waals surface area contributed by atoms with E-state index in [4.69, 9.17) is 28.4 Å². The summed E-state index contributed by atoms with van der Waals surface area (Å²) in [6.07, 6.45) is 36.4. The van der Waals surface area contributed by atoms with Gasteiger partial charge in [-0.25, -0.2) is 4.79 Å². The molecule has 0 aromatic rings. The van der Waals surface area contributed by atoms with E-state index in [1.54, 1.807) is 6.08 Å². The third-order valence-corrected chi connectivity index (χ3v) is 20.3. The van der Waals surface area contributed by atoms with Gasteiger partial charge >= 0.3 is 5.97 Å². The molecule has 18 atom stereocenters. The molecule has 3 aliphatic rings. The summed E-state index contributed by atoms with van der Waals surface area (Å²) in [6.45, 7) is 2.15. The minimum absolute atomic E-state index is 0.201. The summed E-state index contributed by atoms with van der Waals surface area (Å²) in [6, 6.07) is -2.62. The fourth-order valence-electron chi connectivity index (χ4n) is 13.9. The highest BCUT2D eigenvalue weighted by atomic mass is 16.8. The van der Waals surface area contributed by atoms with E-state index in [-0.39, 0.29) is 12.3 Å². The zero-order valence-electron chi connectivity index (χ0n) is 63.0. The van der Waals surface area contributed by atoms with Crippen LogP contribution in [0.3, 0.4) is 0 Å². The molecule has 3 fully saturated rings. The maximum atomic E-state index is 13.5. The summed E-state index contributed by atoms with van der Waals surface area (Å²) >= 11 is 0. The highest BCUT2D eigenvalue weighted by Crippen LogP contribution is 2.39. The van der Waals surface area contributed by atoms with Gasteiger partial charge in [-0.2, -0.15) is 0 Å². The molecule has 596 valence electrons. The Morgan fingerprint density at radius 3 is 1.38 bits per heavy atom. The summed E-state index contributed by atoms with van der Waals surface area (Å²) in [5.41, 5.74) is 0. The molecule has 3 aliphatic heterocycles. The van der Waals surface area contributed by atoms with Crippen molar-refractivity contribution in [1.29, 1.82) is 0 Å². The maximum Gasteiger partial charge on any atom is 0.364 e. The zero-order chi connectivity index (χ0) is 74.6. The Morgan fingerprint density at radius 2 is 0.951 bits per heavy atom. The first-order valence-corrected chi connectivity index (χ1v) is 40.4. The molecule has 3 saturated heterocycles. The van der Waals surface area contributed by atoms with Crippen molar-refractivity contribution in [2.75, 3.05) is 26.4 Å². The van der Waals surface area contributed by atoms with Gasteiger partial charge in [0.2, 0.25) is 11.8 Å². The second-order valence-electron chi connectivity index (χ2n) is 29.3. The minimum Gasteiger partial charge on any atom is -0.477 e.